The number of nitrogens with one attached hydrogen (secondary N) is 1. The number of ether oxygens (including phenoxy) is 1. The number of hydrogen-bond donors (Lipinski definition) is 1. The Kier molecular flexibility index (Phi) is 6.90. The molecule has 0 saturated carbocycles. The minimum absolute atomic E-state index is 0.118. The fourth-order valence-corrected chi connectivity index (χ4v) is 2.66. The van der Waals surface area contributed by atoms with E-state index in [0.29, 0.717) is 0 Å². The van der Waals surface area contributed by atoms with Gasteiger partial charge in [-0.3, -0.25) is 0 Å². The number of rotatable bonds is 7. The Balaban J connectivity index is 2.89. The highest BCUT2D eigenvalue weighted by molar-refractivity contribution is 7.90. The van der Waals surface area contributed by atoms with Gasteiger partial charge >= 0.3 is 6.61 Å². The van der Waals surface area contributed by atoms with Gasteiger partial charge < -0.3 is 9.29 Å². The van der Waals surface area contributed by atoms with Crippen molar-refractivity contribution in [2.24, 2.45) is 0 Å². The van der Waals surface area contributed by atoms with Gasteiger partial charge in [0.15, 0.2) is 0 Å². The summed E-state index contributed by atoms with van der Waals surface area (Å²) in [6, 6.07) is 6.39. The van der Waals surface area contributed by atoms with Gasteiger partial charge in [-0.25, -0.2) is 0 Å². The van der Waals surface area contributed by atoms with E-state index in [0.717, 1.165) is 18.4 Å². The second kappa shape index (κ2) is 7.96. The zero-order valence-electron chi connectivity index (χ0n) is 12.9. The highest BCUT2D eigenvalue weighted by atomic mass is 32.2. The van der Waals surface area contributed by atoms with Gasteiger partial charge in [-0.1, -0.05) is 25.5 Å². The van der Waals surface area contributed by atoms with Crippen LogP contribution in [0.5, 0.6) is 5.75 Å². The summed E-state index contributed by atoms with van der Waals surface area (Å²) in [5, 5.41) is 0. The lowest BCUT2D eigenvalue weighted by molar-refractivity contribution is -0.0499. The summed E-state index contributed by atoms with van der Waals surface area (Å²) in [6.45, 7) is 4.83. The van der Waals surface area contributed by atoms with E-state index in [2.05, 4.69) is 9.46 Å². The number of hydrogen-bond acceptors (Lipinski definition) is 3. The zero-order valence-corrected chi connectivity index (χ0v) is 13.7. The largest absolute Gasteiger partial charge is 0.598 e. The van der Waals surface area contributed by atoms with Gasteiger partial charge in [0.25, 0.3) is 0 Å². The SMILES string of the molecule is CCC[C@H](N[S@+]([O-])C(C)(C)C)c1cccc(OC(F)F)c1. The van der Waals surface area contributed by atoms with Crippen molar-refractivity contribution in [2.75, 3.05) is 0 Å². The first-order valence-electron chi connectivity index (χ1n) is 6.97. The van der Waals surface area contributed by atoms with Crippen molar-refractivity contribution < 1.29 is 18.1 Å². The van der Waals surface area contributed by atoms with Crippen LogP contribution in [-0.2, 0) is 11.4 Å². The number of alkyl halides is 2. The number of halogens is 2. The van der Waals surface area contributed by atoms with E-state index in [1.165, 1.54) is 6.07 Å². The van der Waals surface area contributed by atoms with Gasteiger partial charge in [0.2, 0.25) is 0 Å². The van der Waals surface area contributed by atoms with E-state index < -0.39 is 18.0 Å². The third kappa shape index (κ3) is 6.20. The topological polar surface area (TPSA) is 44.3 Å². The van der Waals surface area contributed by atoms with E-state index in [1.807, 2.05) is 33.8 Å². The summed E-state index contributed by atoms with van der Waals surface area (Å²) in [5.41, 5.74) is 0.799. The van der Waals surface area contributed by atoms with Gasteiger partial charge in [-0.15, -0.1) is 4.72 Å². The molecule has 6 heteroatoms. The molecule has 0 bridgehead atoms. The normalized spacial score (nSPS) is 15.0. The highest BCUT2D eigenvalue weighted by Gasteiger charge is 2.29. The van der Waals surface area contributed by atoms with Crippen molar-refractivity contribution in [3.63, 3.8) is 0 Å². The van der Waals surface area contributed by atoms with Crippen molar-refractivity contribution in [1.82, 2.24) is 4.72 Å². The van der Waals surface area contributed by atoms with Crippen LogP contribution in [0.15, 0.2) is 24.3 Å². The standard InChI is InChI=1S/C15H23F2NO2S/c1-5-7-13(18-21(19)15(2,3)4)11-8-6-9-12(10-11)20-14(16)17/h6,8-10,13-14,18H,5,7H2,1-4H3/t13-,21+/m0/s1. The summed E-state index contributed by atoms with van der Waals surface area (Å²) in [5.74, 6) is 0.118. The molecule has 1 N–H and O–H groups in total. The van der Waals surface area contributed by atoms with Crippen molar-refractivity contribution in [3.05, 3.63) is 29.8 Å². The molecule has 0 aliphatic carbocycles. The summed E-state index contributed by atoms with van der Waals surface area (Å²) in [7, 11) is 0. The molecular formula is C15H23F2NO2S. The van der Waals surface area contributed by atoms with Gasteiger partial charge in [0.1, 0.15) is 10.5 Å². The lowest BCUT2D eigenvalue weighted by Crippen LogP contribution is -2.41. The lowest BCUT2D eigenvalue weighted by Gasteiger charge is -2.28. The summed E-state index contributed by atoms with van der Waals surface area (Å²) in [6.07, 6.45) is 1.65. The Hall–Kier alpha value is -0.850. The van der Waals surface area contributed by atoms with Crippen molar-refractivity contribution in [3.8, 4) is 5.75 Å². The first kappa shape index (κ1) is 18.2. The lowest BCUT2D eigenvalue weighted by atomic mass is 10.0. The van der Waals surface area contributed by atoms with E-state index in [-0.39, 0.29) is 16.5 Å². The Morgan fingerprint density at radius 3 is 2.52 bits per heavy atom. The maximum atomic E-state index is 12.3. The zero-order chi connectivity index (χ0) is 16.0. The summed E-state index contributed by atoms with van der Waals surface area (Å²) in [4.78, 5) is 0. The fraction of sp³-hybridized carbons (Fsp3) is 0.600. The van der Waals surface area contributed by atoms with Crippen LogP contribution in [0, 0.1) is 0 Å². The molecular weight excluding hydrogens is 296 g/mol. The average molecular weight is 319 g/mol. The molecule has 0 unspecified atom stereocenters. The van der Waals surface area contributed by atoms with E-state index >= 15 is 0 Å². The average Bonchev–Trinajstić information content (AvgIpc) is 2.36. The second-order valence-electron chi connectivity index (χ2n) is 5.79. The Bertz CT molecular complexity index is 438. The molecule has 0 amide bonds. The Morgan fingerprint density at radius 2 is 2.00 bits per heavy atom. The molecule has 2 atom stereocenters. The van der Waals surface area contributed by atoms with E-state index in [9.17, 15) is 13.3 Å². The predicted molar refractivity (Wildman–Crippen MR) is 81.8 cm³/mol. The maximum Gasteiger partial charge on any atom is 0.387 e. The molecule has 21 heavy (non-hydrogen) atoms. The van der Waals surface area contributed by atoms with Gasteiger partial charge in [0, 0.05) is 11.4 Å². The molecule has 3 nitrogen and oxygen atoms in total. The van der Waals surface area contributed by atoms with Crippen LogP contribution >= 0.6 is 0 Å². The first-order valence-corrected chi connectivity index (χ1v) is 8.12. The maximum absolute atomic E-state index is 12.3. The predicted octanol–water partition coefficient (Wildman–Crippen LogP) is 4.18. The minimum Gasteiger partial charge on any atom is -0.598 e. The molecule has 0 aliphatic heterocycles. The summed E-state index contributed by atoms with van der Waals surface area (Å²) < 4.78 is 43.9. The summed E-state index contributed by atoms with van der Waals surface area (Å²) >= 11 is -1.23. The van der Waals surface area contributed by atoms with Gasteiger partial charge in [-0.05, 0) is 44.9 Å². The van der Waals surface area contributed by atoms with Crippen LogP contribution in [0.3, 0.4) is 0 Å². The van der Waals surface area contributed by atoms with Gasteiger partial charge in [0.05, 0.1) is 6.04 Å². The van der Waals surface area contributed by atoms with Crippen LogP contribution in [-0.4, -0.2) is 15.9 Å². The van der Waals surface area contributed by atoms with Crippen LogP contribution in [0.25, 0.3) is 0 Å². The monoisotopic (exact) mass is 319 g/mol. The molecule has 0 aromatic heterocycles. The molecule has 0 saturated heterocycles. The van der Waals surface area contributed by atoms with Crippen LogP contribution in [0.4, 0.5) is 8.78 Å². The van der Waals surface area contributed by atoms with Crippen molar-refractivity contribution in [1.29, 1.82) is 0 Å². The second-order valence-corrected chi connectivity index (χ2v) is 7.79. The van der Waals surface area contributed by atoms with Crippen LogP contribution < -0.4 is 9.46 Å². The molecule has 0 fully saturated rings. The molecule has 0 spiro atoms. The van der Waals surface area contributed by atoms with E-state index in [4.69, 9.17) is 0 Å². The Labute approximate surface area is 128 Å². The fourth-order valence-electron chi connectivity index (χ4n) is 1.80. The van der Waals surface area contributed by atoms with Crippen molar-refractivity contribution >= 4 is 11.4 Å². The smallest absolute Gasteiger partial charge is 0.387 e. The minimum atomic E-state index is -2.85. The molecule has 0 heterocycles. The molecule has 0 aliphatic rings. The first-order chi connectivity index (χ1) is 9.74. The molecule has 0 radical (unpaired) electrons. The highest BCUT2D eigenvalue weighted by Crippen LogP contribution is 2.26. The molecule has 1 rings (SSSR count). The van der Waals surface area contributed by atoms with Crippen LogP contribution in [0.2, 0.25) is 0 Å². The van der Waals surface area contributed by atoms with E-state index in [1.54, 1.807) is 12.1 Å². The van der Waals surface area contributed by atoms with Crippen molar-refractivity contribution in [2.45, 2.75) is 57.9 Å². The molecule has 1 aromatic carbocycles. The third-order valence-corrected chi connectivity index (χ3v) is 4.48. The molecule has 120 valence electrons. The van der Waals surface area contributed by atoms with Gasteiger partial charge in [-0.2, -0.15) is 8.78 Å². The number of benzene rings is 1. The Morgan fingerprint density at radius 1 is 1.33 bits per heavy atom. The van der Waals surface area contributed by atoms with Crippen LogP contribution in [0.1, 0.15) is 52.1 Å². The third-order valence-electron chi connectivity index (χ3n) is 2.87. The molecule has 1 aromatic rings. The quantitative estimate of drug-likeness (QED) is 0.767.